The molecule has 50 valence electrons. The van der Waals surface area contributed by atoms with Crippen molar-refractivity contribution in [3.8, 4) is 6.07 Å². The third-order valence-corrected chi connectivity index (χ3v) is 1.99. The summed E-state index contributed by atoms with van der Waals surface area (Å²) in [6.45, 7) is 0. The number of rotatable bonds is 2. The van der Waals surface area contributed by atoms with Crippen molar-refractivity contribution in [2.24, 2.45) is 0 Å². The maximum absolute atomic E-state index is 8.16. The van der Waals surface area contributed by atoms with E-state index in [4.69, 9.17) is 5.26 Å². The topological polar surface area (TPSA) is 23.8 Å². The average Bonchev–Trinajstić information content (AvgIpc) is 2.41. The van der Waals surface area contributed by atoms with Gasteiger partial charge in [0.1, 0.15) is 0 Å². The molecule has 0 unspecified atom stereocenters. The second kappa shape index (κ2) is 3.86. The van der Waals surface area contributed by atoms with Crippen LogP contribution in [0.5, 0.6) is 0 Å². The number of nitriles is 1. The predicted molar refractivity (Wildman–Crippen MR) is 42.8 cm³/mol. The summed E-state index contributed by atoms with van der Waals surface area (Å²) in [7, 11) is 0. The fourth-order valence-corrected chi connectivity index (χ4v) is 1.34. The smallest absolute Gasteiger partial charge is 0.0908 e. The molecule has 0 atom stereocenters. The van der Waals surface area contributed by atoms with E-state index >= 15 is 0 Å². The highest BCUT2D eigenvalue weighted by Crippen LogP contribution is 2.08. The largest absolute Gasteiger partial charge is 0.193 e. The van der Waals surface area contributed by atoms with Crippen LogP contribution in [0.3, 0.4) is 0 Å². The zero-order valence-electron chi connectivity index (χ0n) is 5.45. The van der Waals surface area contributed by atoms with Crippen LogP contribution in [0.15, 0.2) is 29.7 Å². The Labute approximate surface area is 64.2 Å². The molecule has 1 aromatic rings. The molecular formula is C8H7NS. The van der Waals surface area contributed by atoms with Gasteiger partial charge in [0.25, 0.3) is 0 Å². The van der Waals surface area contributed by atoms with Crippen LogP contribution in [0.2, 0.25) is 0 Å². The maximum Gasteiger partial charge on any atom is 0.0908 e. The first kappa shape index (κ1) is 7.04. The van der Waals surface area contributed by atoms with Crippen molar-refractivity contribution in [3.63, 3.8) is 0 Å². The van der Waals surface area contributed by atoms with Gasteiger partial charge in [-0.15, -0.1) is 11.3 Å². The van der Waals surface area contributed by atoms with Crippen LogP contribution in [-0.4, -0.2) is 0 Å². The predicted octanol–water partition coefficient (Wildman–Crippen LogP) is 2.37. The summed E-state index contributed by atoms with van der Waals surface area (Å²) < 4.78 is 0. The second-order valence-electron chi connectivity index (χ2n) is 1.81. The van der Waals surface area contributed by atoms with E-state index < -0.39 is 0 Å². The fraction of sp³-hybridized carbons (Fsp3) is 0.125. The normalized spacial score (nSPS) is 9.90. The molecule has 0 aromatic carbocycles. The maximum atomic E-state index is 8.16. The SMILES string of the molecule is N#C/C=C/Cc1cccs1. The Balaban J connectivity index is 2.43. The van der Waals surface area contributed by atoms with E-state index in [1.807, 2.05) is 23.6 Å². The number of nitrogens with zero attached hydrogens (tertiary/aromatic N) is 1. The zero-order valence-corrected chi connectivity index (χ0v) is 6.27. The van der Waals surface area contributed by atoms with Crippen molar-refractivity contribution in [1.29, 1.82) is 5.26 Å². The highest BCUT2D eigenvalue weighted by molar-refractivity contribution is 7.09. The molecule has 0 spiro atoms. The molecule has 0 radical (unpaired) electrons. The summed E-state index contributed by atoms with van der Waals surface area (Å²) >= 11 is 1.71. The Hall–Kier alpha value is -1.07. The molecule has 1 nitrogen and oxygen atoms in total. The quantitative estimate of drug-likeness (QED) is 0.592. The van der Waals surface area contributed by atoms with Gasteiger partial charge in [-0.3, -0.25) is 0 Å². The van der Waals surface area contributed by atoms with Gasteiger partial charge in [0.2, 0.25) is 0 Å². The number of allylic oxidation sites excluding steroid dienone is 2. The Kier molecular flexibility index (Phi) is 2.72. The average molecular weight is 149 g/mol. The van der Waals surface area contributed by atoms with E-state index in [2.05, 4.69) is 6.07 Å². The Morgan fingerprint density at radius 2 is 2.60 bits per heavy atom. The van der Waals surface area contributed by atoms with Crippen LogP contribution in [0.4, 0.5) is 0 Å². The first-order chi connectivity index (χ1) is 4.93. The molecule has 0 aliphatic rings. The Morgan fingerprint density at radius 3 is 3.20 bits per heavy atom. The van der Waals surface area contributed by atoms with Crippen molar-refractivity contribution < 1.29 is 0 Å². The lowest BCUT2D eigenvalue weighted by atomic mass is 10.3. The third-order valence-electron chi connectivity index (χ3n) is 1.09. The highest BCUT2D eigenvalue weighted by Gasteiger charge is 1.86. The first-order valence-electron chi connectivity index (χ1n) is 3.00. The van der Waals surface area contributed by atoms with Crippen molar-refractivity contribution >= 4 is 11.3 Å². The molecule has 0 bridgehead atoms. The molecular weight excluding hydrogens is 142 g/mol. The molecule has 0 amide bonds. The van der Waals surface area contributed by atoms with Gasteiger partial charge in [-0.05, 0) is 11.4 Å². The van der Waals surface area contributed by atoms with E-state index in [1.165, 1.54) is 11.0 Å². The Morgan fingerprint density at radius 1 is 1.70 bits per heavy atom. The van der Waals surface area contributed by atoms with E-state index in [0.29, 0.717) is 0 Å². The molecule has 0 aliphatic heterocycles. The summed E-state index contributed by atoms with van der Waals surface area (Å²) in [4.78, 5) is 1.30. The van der Waals surface area contributed by atoms with E-state index in [9.17, 15) is 0 Å². The lowest BCUT2D eigenvalue weighted by Gasteiger charge is -1.82. The molecule has 2 heteroatoms. The molecule has 1 aromatic heterocycles. The molecule has 0 saturated heterocycles. The molecule has 0 saturated carbocycles. The minimum atomic E-state index is 0.880. The van der Waals surface area contributed by atoms with Crippen LogP contribution in [0.25, 0.3) is 0 Å². The van der Waals surface area contributed by atoms with Gasteiger partial charge in [0, 0.05) is 17.4 Å². The van der Waals surface area contributed by atoms with Crippen molar-refractivity contribution in [1.82, 2.24) is 0 Å². The van der Waals surface area contributed by atoms with Crippen molar-refractivity contribution in [2.75, 3.05) is 0 Å². The summed E-state index contributed by atoms with van der Waals surface area (Å²) in [5, 5.41) is 10.2. The van der Waals surface area contributed by atoms with Gasteiger partial charge < -0.3 is 0 Å². The van der Waals surface area contributed by atoms with Gasteiger partial charge in [-0.25, -0.2) is 0 Å². The number of hydrogen-bond donors (Lipinski definition) is 0. The monoisotopic (exact) mass is 149 g/mol. The number of thiophene rings is 1. The molecule has 0 N–H and O–H groups in total. The zero-order chi connectivity index (χ0) is 7.23. The van der Waals surface area contributed by atoms with Gasteiger partial charge in [-0.2, -0.15) is 5.26 Å². The summed E-state index contributed by atoms with van der Waals surface area (Å²) in [5.41, 5.74) is 0. The fourth-order valence-electron chi connectivity index (χ4n) is 0.657. The summed E-state index contributed by atoms with van der Waals surface area (Å²) in [6, 6.07) is 6.03. The van der Waals surface area contributed by atoms with Crippen LogP contribution in [-0.2, 0) is 6.42 Å². The summed E-state index contributed by atoms with van der Waals surface area (Å²) in [5.74, 6) is 0. The first-order valence-corrected chi connectivity index (χ1v) is 3.88. The summed E-state index contributed by atoms with van der Waals surface area (Å²) in [6.07, 6.45) is 4.26. The third kappa shape index (κ3) is 2.04. The van der Waals surface area contributed by atoms with Crippen LogP contribution in [0.1, 0.15) is 4.88 Å². The molecule has 0 aliphatic carbocycles. The Bertz CT molecular complexity index is 241. The molecule has 10 heavy (non-hydrogen) atoms. The standard InChI is InChI=1S/C8H7NS/c9-6-2-1-4-8-5-3-7-10-8/h1-3,5,7H,4H2/b2-1+. The van der Waals surface area contributed by atoms with Crippen molar-refractivity contribution in [3.05, 3.63) is 34.5 Å². The van der Waals surface area contributed by atoms with E-state index in [0.717, 1.165) is 6.42 Å². The van der Waals surface area contributed by atoms with Crippen LogP contribution >= 0.6 is 11.3 Å². The van der Waals surface area contributed by atoms with Gasteiger partial charge in [0.05, 0.1) is 6.07 Å². The van der Waals surface area contributed by atoms with E-state index in [1.54, 1.807) is 11.3 Å². The minimum absolute atomic E-state index is 0.880. The lowest BCUT2D eigenvalue weighted by molar-refractivity contribution is 1.34. The number of hydrogen-bond acceptors (Lipinski definition) is 2. The van der Waals surface area contributed by atoms with E-state index in [-0.39, 0.29) is 0 Å². The molecule has 1 rings (SSSR count). The van der Waals surface area contributed by atoms with Crippen LogP contribution < -0.4 is 0 Å². The van der Waals surface area contributed by atoms with Crippen LogP contribution in [0, 0.1) is 11.3 Å². The highest BCUT2D eigenvalue weighted by atomic mass is 32.1. The minimum Gasteiger partial charge on any atom is -0.193 e. The van der Waals surface area contributed by atoms with Gasteiger partial charge >= 0.3 is 0 Å². The van der Waals surface area contributed by atoms with Crippen molar-refractivity contribution in [2.45, 2.75) is 6.42 Å². The van der Waals surface area contributed by atoms with Gasteiger partial charge in [0.15, 0.2) is 0 Å². The molecule has 0 fully saturated rings. The second-order valence-corrected chi connectivity index (χ2v) is 2.85. The van der Waals surface area contributed by atoms with Gasteiger partial charge in [-0.1, -0.05) is 12.1 Å². The lowest BCUT2D eigenvalue weighted by Crippen LogP contribution is -1.69. The molecule has 1 heterocycles.